The zero-order valence-electron chi connectivity index (χ0n) is 13.2. The quantitative estimate of drug-likeness (QED) is 0.327. The van der Waals surface area contributed by atoms with Gasteiger partial charge in [-0.25, -0.2) is 9.59 Å². The first-order valence-electron chi connectivity index (χ1n) is 7.41. The van der Waals surface area contributed by atoms with Crippen molar-refractivity contribution in [3.05, 3.63) is 39.9 Å². The zero-order valence-corrected chi connectivity index (χ0v) is 13.2. The maximum Gasteiger partial charge on any atom is 0.408 e. The first kappa shape index (κ1) is 19.9. The largest absolute Gasteiger partial charge is 0.481 e. The maximum atomic E-state index is 11.6. The van der Waals surface area contributed by atoms with Gasteiger partial charge in [-0.3, -0.25) is 14.9 Å². The summed E-state index contributed by atoms with van der Waals surface area (Å²) >= 11 is 0. The zero-order chi connectivity index (χ0) is 18.8. The molecule has 1 atom stereocenters. The summed E-state index contributed by atoms with van der Waals surface area (Å²) in [6.45, 7) is -0.171. The number of amides is 1. The molecule has 10 heteroatoms. The molecule has 0 radical (unpaired) electrons. The van der Waals surface area contributed by atoms with E-state index >= 15 is 0 Å². The van der Waals surface area contributed by atoms with Crippen LogP contribution in [0, 0.1) is 10.1 Å². The molecule has 0 heterocycles. The van der Waals surface area contributed by atoms with E-state index in [1.54, 1.807) is 0 Å². The Hall–Kier alpha value is -3.17. The Balaban J connectivity index is 2.42. The molecule has 1 aromatic carbocycles. The number of carboxylic acid groups (broad SMARTS) is 2. The number of aliphatic carboxylic acids is 2. The van der Waals surface area contributed by atoms with E-state index in [2.05, 4.69) is 5.32 Å². The number of rotatable bonds is 10. The SMILES string of the molecule is O=C(O)CCCC[C@@H](NC(=O)OCc1ccc([N+](=O)[O-])cc1)C(=O)O. The number of hydrogen-bond acceptors (Lipinski definition) is 6. The topological polar surface area (TPSA) is 156 Å². The van der Waals surface area contributed by atoms with Gasteiger partial charge in [0.25, 0.3) is 5.69 Å². The standard InChI is InChI=1S/C15H18N2O8/c18-13(19)4-2-1-3-12(14(20)21)16-15(22)25-9-10-5-7-11(8-6-10)17(23)24/h5-8,12H,1-4,9H2,(H,16,22)(H,18,19)(H,20,21)/t12-/m1/s1. The molecule has 0 aliphatic heterocycles. The van der Waals surface area contributed by atoms with E-state index in [0.717, 1.165) is 0 Å². The average molecular weight is 354 g/mol. The maximum absolute atomic E-state index is 11.6. The third kappa shape index (κ3) is 7.77. The first-order valence-corrected chi connectivity index (χ1v) is 7.41. The van der Waals surface area contributed by atoms with Gasteiger partial charge < -0.3 is 20.3 Å². The van der Waals surface area contributed by atoms with Crippen molar-refractivity contribution in [2.75, 3.05) is 0 Å². The number of nitrogens with zero attached hydrogens (tertiary/aromatic N) is 1. The number of carbonyl (C=O) groups is 3. The molecule has 0 saturated heterocycles. The number of ether oxygens (including phenoxy) is 1. The molecule has 1 aromatic rings. The van der Waals surface area contributed by atoms with Gasteiger partial charge in [0.2, 0.25) is 0 Å². The Morgan fingerprint density at radius 2 is 1.80 bits per heavy atom. The predicted molar refractivity (Wildman–Crippen MR) is 83.9 cm³/mol. The number of nitro groups is 1. The molecule has 0 spiro atoms. The Morgan fingerprint density at radius 3 is 2.32 bits per heavy atom. The van der Waals surface area contributed by atoms with Crippen LogP contribution >= 0.6 is 0 Å². The van der Waals surface area contributed by atoms with Gasteiger partial charge in [-0.2, -0.15) is 0 Å². The molecule has 0 aliphatic rings. The van der Waals surface area contributed by atoms with Crippen LogP contribution in [0.15, 0.2) is 24.3 Å². The molecule has 3 N–H and O–H groups in total. The number of hydrogen-bond donors (Lipinski definition) is 3. The average Bonchev–Trinajstić information content (AvgIpc) is 2.55. The van der Waals surface area contributed by atoms with Crippen LogP contribution in [0.25, 0.3) is 0 Å². The molecule has 0 unspecified atom stereocenters. The number of nitrogens with one attached hydrogen (secondary N) is 1. The highest BCUT2D eigenvalue weighted by atomic mass is 16.6. The summed E-state index contributed by atoms with van der Waals surface area (Å²) in [7, 11) is 0. The van der Waals surface area contributed by atoms with Crippen LogP contribution in [0.4, 0.5) is 10.5 Å². The van der Waals surface area contributed by atoms with Crippen molar-refractivity contribution >= 4 is 23.7 Å². The number of nitro benzene ring substituents is 1. The van der Waals surface area contributed by atoms with E-state index in [1.807, 2.05) is 0 Å². The molecular formula is C15H18N2O8. The molecule has 1 rings (SSSR count). The summed E-state index contributed by atoms with van der Waals surface area (Å²) in [6, 6.07) is 4.19. The fraction of sp³-hybridized carbons (Fsp3) is 0.400. The lowest BCUT2D eigenvalue weighted by molar-refractivity contribution is -0.384. The highest BCUT2D eigenvalue weighted by Crippen LogP contribution is 2.12. The van der Waals surface area contributed by atoms with E-state index in [-0.39, 0.29) is 25.1 Å². The van der Waals surface area contributed by atoms with Crippen LogP contribution in [0.3, 0.4) is 0 Å². The van der Waals surface area contributed by atoms with Crippen molar-refractivity contribution in [3.63, 3.8) is 0 Å². The van der Waals surface area contributed by atoms with Gasteiger partial charge in [-0.1, -0.05) is 6.42 Å². The van der Waals surface area contributed by atoms with E-state index < -0.39 is 29.0 Å². The minimum Gasteiger partial charge on any atom is -0.481 e. The van der Waals surface area contributed by atoms with E-state index in [1.165, 1.54) is 24.3 Å². The summed E-state index contributed by atoms with van der Waals surface area (Å²) in [5.41, 5.74) is 0.412. The minimum absolute atomic E-state index is 0.0725. The molecule has 0 aromatic heterocycles. The van der Waals surface area contributed by atoms with Crippen LogP contribution in [0.5, 0.6) is 0 Å². The van der Waals surface area contributed by atoms with Crippen molar-refractivity contribution in [2.24, 2.45) is 0 Å². The second-order valence-electron chi connectivity index (χ2n) is 5.17. The number of unbranched alkanes of at least 4 members (excludes halogenated alkanes) is 1. The number of benzene rings is 1. The van der Waals surface area contributed by atoms with Gasteiger partial charge in [0, 0.05) is 18.6 Å². The van der Waals surface area contributed by atoms with Crippen LogP contribution in [-0.4, -0.2) is 39.2 Å². The van der Waals surface area contributed by atoms with Crippen molar-refractivity contribution in [2.45, 2.75) is 38.3 Å². The van der Waals surface area contributed by atoms with Crippen molar-refractivity contribution < 1.29 is 34.3 Å². The second kappa shape index (κ2) is 9.85. The van der Waals surface area contributed by atoms with Crippen LogP contribution in [0.1, 0.15) is 31.2 Å². The minimum atomic E-state index is -1.25. The molecule has 10 nitrogen and oxygen atoms in total. The Bertz CT molecular complexity index is 629. The smallest absolute Gasteiger partial charge is 0.408 e. The summed E-state index contributed by atoms with van der Waals surface area (Å²) in [4.78, 5) is 43.1. The van der Waals surface area contributed by atoms with Gasteiger partial charge in [0.1, 0.15) is 12.6 Å². The molecule has 136 valence electrons. The normalized spacial score (nSPS) is 11.4. The molecular weight excluding hydrogens is 336 g/mol. The van der Waals surface area contributed by atoms with Gasteiger partial charge in [-0.05, 0) is 30.5 Å². The number of non-ortho nitro benzene ring substituents is 1. The van der Waals surface area contributed by atoms with Gasteiger partial charge in [0.05, 0.1) is 4.92 Å². The van der Waals surface area contributed by atoms with Gasteiger partial charge in [0.15, 0.2) is 0 Å². The molecule has 25 heavy (non-hydrogen) atoms. The van der Waals surface area contributed by atoms with Gasteiger partial charge in [-0.15, -0.1) is 0 Å². The molecule has 0 aliphatic carbocycles. The lowest BCUT2D eigenvalue weighted by atomic mass is 10.1. The summed E-state index contributed by atoms with van der Waals surface area (Å²) < 4.78 is 4.88. The number of carbonyl (C=O) groups excluding carboxylic acids is 1. The summed E-state index contributed by atoms with van der Waals surface area (Å²) in [5.74, 6) is -2.22. The summed E-state index contributed by atoms with van der Waals surface area (Å²) in [6.07, 6.45) is -0.305. The highest BCUT2D eigenvalue weighted by molar-refractivity contribution is 5.79. The number of alkyl carbamates (subject to hydrolysis) is 1. The Kier molecular flexibility index (Phi) is 7.83. The fourth-order valence-electron chi connectivity index (χ4n) is 1.93. The Labute approximate surface area is 142 Å². The summed E-state index contributed by atoms with van der Waals surface area (Å²) in [5, 5.41) is 30.3. The molecule has 0 fully saturated rings. The fourth-order valence-corrected chi connectivity index (χ4v) is 1.93. The van der Waals surface area contributed by atoms with Crippen molar-refractivity contribution in [1.29, 1.82) is 0 Å². The first-order chi connectivity index (χ1) is 11.8. The van der Waals surface area contributed by atoms with Gasteiger partial charge >= 0.3 is 18.0 Å². The van der Waals surface area contributed by atoms with E-state index in [4.69, 9.17) is 14.9 Å². The van der Waals surface area contributed by atoms with Crippen LogP contribution in [-0.2, 0) is 20.9 Å². The molecule has 0 bridgehead atoms. The lowest BCUT2D eigenvalue weighted by Crippen LogP contribution is -2.41. The van der Waals surface area contributed by atoms with Crippen molar-refractivity contribution in [1.82, 2.24) is 5.32 Å². The van der Waals surface area contributed by atoms with Crippen LogP contribution in [0.2, 0.25) is 0 Å². The predicted octanol–water partition coefficient (Wildman–Crippen LogP) is 1.92. The molecule has 0 saturated carbocycles. The lowest BCUT2D eigenvalue weighted by Gasteiger charge is -2.14. The van der Waals surface area contributed by atoms with E-state index in [0.29, 0.717) is 18.4 Å². The van der Waals surface area contributed by atoms with Crippen molar-refractivity contribution in [3.8, 4) is 0 Å². The third-order valence-corrected chi connectivity index (χ3v) is 3.24. The molecule has 1 amide bonds. The Morgan fingerprint density at radius 1 is 1.16 bits per heavy atom. The highest BCUT2D eigenvalue weighted by Gasteiger charge is 2.20. The second-order valence-corrected chi connectivity index (χ2v) is 5.17. The monoisotopic (exact) mass is 354 g/mol. The van der Waals surface area contributed by atoms with E-state index in [9.17, 15) is 24.5 Å². The third-order valence-electron chi connectivity index (χ3n) is 3.24. The van der Waals surface area contributed by atoms with Crippen LogP contribution < -0.4 is 5.32 Å². The number of carboxylic acids is 2.